The van der Waals surface area contributed by atoms with Crippen LogP contribution in [0.3, 0.4) is 0 Å². The van der Waals surface area contributed by atoms with Crippen molar-refractivity contribution in [1.29, 1.82) is 0 Å². The first-order valence-electron chi connectivity index (χ1n) is 4.44. The normalized spacial score (nSPS) is 12.7. The van der Waals surface area contributed by atoms with Crippen LogP contribution in [-0.4, -0.2) is 24.4 Å². The average Bonchev–Trinajstić information content (AvgIpc) is 2.04. The summed E-state index contributed by atoms with van der Waals surface area (Å²) in [7, 11) is 0. The van der Waals surface area contributed by atoms with Gasteiger partial charge in [0.05, 0.1) is 6.61 Å². The zero-order valence-corrected chi connectivity index (χ0v) is 8.37. The highest BCUT2D eigenvalue weighted by molar-refractivity contribution is 5.87. The van der Waals surface area contributed by atoms with Crippen LogP contribution in [0.1, 0.15) is 27.2 Å². The molecule has 0 aliphatic heterocycles. The van der Waals surface area contributed by atoms with E-state index in [0.717, 1.165) is 0 Å². The third kappa shape index (κ3) is 4.62. The van der Waals surface area contributed by atoms with Crippen LogP contribution in [0.4, 0.5) is 0 Å². The molecule has 0 fully saturated rings. The predicted octanol–water partition coefficient (Wildman–Crippen LogP) is 0.492. The van der Waals surface area contributed by atoms with Crippen LogP contribution in [0, 0.1) is 5.92 Å². The molecule has 0 saturated heterocycles. The number of carbonyl (C=O) groups excluding carboxylic acids is 2. The van der Waals surface area contributed by atoms with Crippen LogP contribution in [0.5, 0.6) is 0 Å². The zero-order chi connectivity index (χ0) is 10.4. The third-order valence-electron chi connectivity index (χ3n) is 1.65. The number of rotatable bonds is 5. The molecule has 0 heterocycles. The van der Waals surface area contributed by atoms with Gasteiger partial charge in [0.25, 0.3) is 0 Å². The molecule has 0 aromatic heterocycles. The predicted molar refractivity (Wildman–Crippen MR) is 49.1 cm³/mol. The number of esters is 1. The number of hydrogen-bond acceptors (Lipinski definition) is 4. The van der Waals surface area contributed by atoms with Gasteiger partial charge in [0.2, 0.25) is 0 Å². The SMILES string of the molecule is CCOC(=O)C(N)CC(=O)C(C)C. The lowest BCUT2D eigenvalue weighted by Gasteiger charge is -2.10. The van der Waals surface area contributed by atoms with E-state index in [1.165, 1.54) is 0 Å². The van der Waals surface area contributed by atoms with Crippen LogP contribution in [0.25, 0.3) is 0 Å². The first-order chi connectivity index (χ1) is 5.99. The van der Waals surface area contributed by atoms with Gasteiger partial charge in [0, 0.05) is 12.3 Å². The standard InChI is InChI=1S/C9H17NO3/c1-4-13-9(12)7(10)5-8(11)6(2)3/h6-7H,4-5,10H2,1-3H3. The Morgan fingerprint density at radius 2 is 1.92 bits per heavy atom. The van der Waals surface area contributed by atoms with Crippen molar-refractivity contribution >= 4 is 11.8 Å². The lowest BCUT2D eigenvalue weighted by molar-refractivity contribution is -0.146. The Balaban J connectivity index is 3.92. The molecule has 0 spiro atoms. The molecule has 0 rings (SSSR count). The molecule has 0 aromatic rings. The molecule has 0 aliphatic rings. The maximum absolute atomic E-state index is 11.2. The van der Waals surface area contributed by atoms with Gasteiger partial charge in [-0.2, -0.15) is 0 Å². The Labute approximate surface area is 78.4 Å². The van der Waals surface area contributed by atoms with E-state index in [1.54, 1.807) is 20.8 Å². The molecular weight excluding hydrogens is 170 g/mol. The smallest absolute Gasteiger partial charge is 0.323 e. The summed E-state index contributed by atoms with van der Waals surface area (Å²) in [5.74, 6) is -0.600. The molecule has 0 aromatic carbocycles. The van der Waals surface area contributed by atoms with Gasteiger partial charge in [-0.15, -0.1) is 0 Å². The van der Waals surface area contributed by atoms with E-state index in [1.807, 2.05) is 0 Å². The molecule has 0 radical (unpaired) electrons. The van der Waals surface area contributed by atoms with Crippen LogP contribution in [0.15, 0.2) is 0 Å². The van der Waals surface area contributed by atoms with Crippen molar-refractivity contribution in [2.24, 2.45) is 11.7 Å². The zero-order valence-electron chi connectivity index (χ0n) is 8.37. The molecular formula is C9H17NO3. The van der Waals surface area contributed by atoms with Crippen molar-refractivity contribution in [2.75, 3.05) is 6.61 Å². The van der Waals surface area contributed by atoms with Crippen molar-refractivity contribution in [3.05, 3.63) is 0 Å². The first kappa shape index (κ1) is 12.1. The summed E-state index contributed by atoms with van der Waals surface area (Å²) < 4.78 is 4.67. The number of Topliss-reactive ketones (excluding diaryl/α,β-unsaturated/α-hetero) is 1. The molecule has 0 amide bonds. The molecule has 4 nitrogen and oxygen atoms in total. The van der Waals surface area contributed by atoms with Gasteiger partial charge in [0.15, 0.2) is 0 Å². The van der Waals surface area contributed by atoms with Crippen molar-refractivity contribution < 1.29 is 14.3 Å². The molecule has 0 aliphatic carbocycles. The second-order valence-corrected chi connectivity index (χ2v) is 3.18. The van der Waals surface area contributed by atoms with Gasteiger partial charge in [0.1, 0.15) is 11.8 Å². The molecule has 0 saturated carbocycles. The maximum atomic E-state index is 11.2. The Kier molecular flexibility index (Phi) is 5.30. The van der Waals surface area contributed by atoms with E-state index in [9.17, 15) is 9.59 Å². The lowest BCUT2D eigenvalue weighted by atomic mass is 10.0. The molecule has 1 unspecified atom stereocenters. The second kappa shape index (κ2) is 5.70. The van der Waals surface area contributed by atoms with Gasteiger partial charge >= 0.3 is 5.97 Å². The van der Waals surface area contributed by atoms with E-state index in [-0.39, 0.29) is 18.1 Å². The Morgan fingerprint density at radius 1 is 1.38 bits per heavy atom. The van der Waals surface area contributed by atoms with E-state index in [0.29, 0.717) is 6.61 Å². The highest BCUT2D eigenvalue weighted by atomic mass is 16.5. The fraction of sp³-hybridized carbons (Fsp3) is 0.778. The van der Waals surface area contributed by atoms with Gasteiger partial charge in [-0.1, -0.05) is 13.8 Å². The van der Waals surface area contributed by atoms with Gasteiger partial charge in [-0.05, 0) is 6.92 Å². The average molecular weight is 187 g/mol. The lowest BCUT2D eigenvalue weighted by Crippen LogP contribution is -2.35. The maximum Gasteiger partial charge on any atom is 0.323 e. The first-order valence-corrected chi connectivity index (χ1v) is 4.44. The van der Waals surface area contributed by atoms with Crippen molar-refractivity contribution in [2.45, 2.75) is 33.2 Å². The number of carbonyl (C=O) groups is 2. The largest absolute Gasteiger partial charge is 0.465 e. The fourth-order valence-electron chi connectivity index (χ4n) is 0.785. The molecule has 76 valence electrons. The highest BCUT2D eigenvalue weighted by Gasteiger charge is 2.19. The summed E-state index contributed by atoms with van der Waals surface area (Å²) >= 11 is 0. The summed E-state index contributed by atoms with van der Waals surface area (Å²) in [4.78, 5) is 22.2. The molecule has 13 heavy (non-hydrogen) atoms. The minimum absolute atomic E-state index is 0.0134. The minimum Gasteiger partial charge on any atom is -0.465 e. The van der Waals surface area contributed by atoms with E-state index >= 15 is 0 Å². The number of ether oxygens (including phenoxy) is 1. The quantitative estimate of drug-likeness (QED) is 0.636. The summed E-state index contributed by atoms with van der Waals surface area (Å²) in [6.07, 6.45) is 0.0660. The van der Waals surface area contributed by atoms with Crippen molar-refractivity contribution in [1.82, 2.24) is 0 Å². The van der Waals surface area contributed by atoms with Crippen LogP contribution >= 0.6 is 0 Å². The summed E-state index contributed by atoms with van der Waals surface area (Å²) in [5.41, 5.74) is 5.45. The van der Waals surface area contributed by atoms with Crippen LogP contribution in [0.2, 0.25) is 0 Å². The van der Waals surface area contributed by atoms with Gasteiger partial charge in [-0.25, -0.2) is 0 Å². The third-order valence-corrected chi connectivity index (χ3v) is 1.65. The number of nitrogens with two attached hydrogens (primary N) is 1. The number of hydrogen-bond donors (Lipinski definition) is 1. The van der Waals surface area contributed by atoms with E-state index < -0.39 is 12.0 Å². The van der Waals surface area contributed by atoms with Gasteiger partial charge < -0.3 is 10.5 Å². The number of ketones is 1. The Hall–Kier alpha value is -0.900. The summed E-state index contributed by atoms with van der Waals surface area (Å²) in [5, 5.41) is 0. The second-order valence-electron chi connectivity index (χ2n) is 3.18. The summed E-state index contributed by atoms with van der Waals surface area (Å²) in [6, 6.07) is -0.810. The van der Waals surface area contributed by atoms with Gasteiger partial charge in [-0.3, -0.25) is 9.59 Å². The van der Waals surface area contributed by atoms with Crippen LogP contribution in [-0.2, 0) is 14.3 Å². The van der Waals surface area contributed by atoms with Crippen molar-refractivity contribution in [3.8, 4) is 0 Å². The molecule has 1 atom stereocenters. The highest BCUT2D eigenvalue weighted by Crippen LogP contribution is 2.02. The molecule has 0 bridgehead atoms. The van der Waals surface area contributed by atoms with E-state index in [4.69, 9.17) is 5.73 Å². The molecule has 4 heteroatoms. The van der Waals surface area contributed by atoms with E-state index in [2.05, 4.69) is 4.74 Å². The Bertz CT molecular complexity index is 189. The summed E-state index contributed by atoms with van der Waals surface area (Å²) in [6.45, 7) is 5.55. The topological polar surface area (TPSA) is 69.4 Å². The molecule has 2 N–H and O–H groups in total. The Morgan fingerprint density at radius 3 is 2.31 bits per heavy atom. The van der Waals surface area contributed by atoms with Crippen molar-refractivity contribution in [3.63, 3.8) is 0 Å². The fourth-order valence-corrected chi connectivity index (χ4v) is 0.785. The van der Waals surface area contributed by atoms with Crippen LogP contribution < -0.4 is 5.73 Å². The monoisotopic (exact) mass is 187 g/mol. The minimum atomic E-state index is -0.810.